The van der Waals surface area contributed by atoms with Crippen molar-refractivity contribution in [3.05, 3.63) is 24.3 Å². The van der Waals surface area contributed by atoms with E-state index in [2.05, 4.69) is 42.3 Å². The third-order valence-electron chi connectivity index (χ3n) is 11.8. The number of allylic oxidation sites excluding steroid dienone is 4. The largest absolute Gasteiger partial charge is 0.457 e. The Labute approximate surface area is 384 Å². The van der Waals surface area contributed by atoms with Crippen molar-refractivity contribution in [1.29, 1.82) is 0 Å². The fourth-order valence-corrected chi connectivity index (χ4v) is 8.41. The van der Waals surface area contributed by atoms with E-state index in [1.54, 1.807) is 0 Å². The quantitative estimate of drug-likeness (QED) is 0.0197. The van der Waals surface area contributed by atoms with Crippen molar-refractivity contribution in [2.24, 2.45) is 0 Å². The molecule has 0 aromatic heterocycles. The Balaban J connectivity index is 2.35. The zero-order chi connectivity index (χ0) is 46.1. The number of carbonyl (C=O) groups is 1. The SMILES string of the molecule is CCCCCCC/C=C\CCCCCCCCOCC(COC1OC(CO)C(O)C(OS(=O)(=O)O)C1O)OC(=O)CCCCCCCCCCC/C=C\CCCCCCCCCC. The molecule has 0 radical (unpaired) electrons. The van der Waals surface area contributed by atoms with Crippen LogP contribution >= 0.6 is 0 Å². The molecule has 372 valence electrons. The van der Waals surface area contributed by atoms with Crippen LogP contribution in [0, 0.1) is 0 Å². The lowest BCUT2D eigenvalue weighted by Crippen LogP contribution is -2.60. The summed E-state index contributed by atoms with van der Waals surface area (Å²) in [6, 6.07) is 0. The smallest absolute Gasteiger partial charge is 0.397 e. The summed E-state index contributed by atoms with van der Waals surface area (Å²) in [6.45, 7) is 3.99. The van der Waals surface area contributed by atoms with Gasteiger partial charge < -0.3 is 34.3 Å². The molecule has 0 amide bonds. The highest BCUT2D eigenvalue weighted by atomic mass is 32.3. The normalized spacial score (nSPS) is 20.0. The average molecular weight is 919 g/mol. The van der Waals surface area contributed by atoms with Gasteiger partial charge in [0.2, 0.25) is 0 Å². The molecule has 12 nitrogen and oxygen atoms in total. The Morgan fingerprint density at radius 1 is 0.587 bits per heavy atom. The van der Waals surface area contributed by atoms with Gasteiger partial charge in [0.1, 0.15) is 30.5 Å². The number of unbranched alkanes of at least 4 members (excludes halogenated alkanes) is 28. The van der Waals surface area contributed by atoms with Gasteiger partial charge in [-0.25, -0.2) is 4.18 Å². The first-order valence-electron chi connectivity index (χ1n) is 25.6. The van der Waals surface area contributed by atoms with Crippen LogP contribution in [-0.4, -0.2) is 97.5 Å². The molecule has 1 saturated heterocycles. The molecule has 6 unspecified atom stereocenters. The molecule has 0 saturated carbocycles. The molecule has 1 rings (SSSR count). The monoisotopic (exact) mass is 919 g/mol. The summed E-state index contributed by atoms with van der Waals surface area (Å²) in [5.41, 5.74) is 0. The van der Waals surface area contributed by atoms with Crippen molar-refractivity contribution < 1.29 is 56.2 Å². The fraction of sp³-hybridized carbons (Fsp3) is 0.900. The number of aliphatic hydroxyl groups is 3. The zero-order valence-corrected chi connectivity index (χ0v) is 40.7. The lowest BCUT2D eigenvalue weighted by Gasteiger charge is -2.41. The van der Waals surface area contributed by atoms with Crippen molar-refractivity contribution in [3.8, 4) is 0 Å². The van der Waals surface area contributed by atoms with E-state index in [9.17, 15) is 33.1 Å². The van der Waals surface area contributed by atoms with Crippen LogP contribution in [0.4, 0.5) is 0 Å². The number of rotatable bonds is 45. The van der Waals surface area contributed by atoms with Crippen LogP contribution in [-0.2, 0) is 38.3 Å². The summed E-state index contributed by atoms with van der Waals surface area (Å²) in [6.07, 6.45) is 39.2. The number of hydrogen-bond donors (Lipinski definition) is 4. The van der Waals surface area contributed by atoms with Crippen molar-refractivity contribution >= 4 is 16.4 Å². The third kappa shape index (κ3) is 35.4. The van der Waals surface area contributed by atoms with E-state index in [-0.39, 0.29) is 19.6 Å². The summed E-state index contributed by atoms with van der Waals surface area (Å²) in [5.74, 6) is -0.401. The molecular formula is C50H94O12S. The topological polar surface area (TPSA) is 178 Å². The van der Waals surface area contributed by atoms with Gasteiger partial charge in [-0.05, 0) is 64.2 Å². The molecule has 13 heteroatoms. The summed E-state index contributed by atoms with van der Waals surface area (Å²) < 4.78 is 59.2. The van der Waals surface area contributed by atoms with Crippen LogP contribution in [0.2, 0.25) is 0 Å². The molecule has 0 aromatic carbocycles. The van der Waals surface area contributed by atoms with Crippen molar-refractivity contribution in [2.75, 3.05) is 26.4 Å². The summed E-state index contributed by atoms with van der Waals surface area (Å²) in [4.78, 5) is 12.9. The van der Waals surface area contributed by atoms with E-state index >= 15 is 0 Å². The molecule has 1 aliphatic rings. The van der Waals surface area contributed by atoms with Gasteiger partial charge in [0, 0.05) is 13.0 Å². The number of ether oxygens (including phenoxy) is 4. The maximum absolute atomic E-state index is 12.9. The maximum Gasteiger partial charge on any atom is 0.397 e. The molecule has 1 aliphatic heterocycles. The van der Waals surface area contributed by atoms with Crippen LogP contribution in [0.3, 0.4) is 0 Å². The van der Waals surface area contributed by atoms with Gasteiger partial charge in [0.05, 0.1) is 19.8 Å². The first kappa shape index (κ1) is 59.6. The molecular weight excluding hydrogens is 825 g/mol. The number of aliphatic hydroxyl groups excluding tert-OH is 3. The predicted molar refractivity (Wildman–Crippen MR) is 253 cm³/mol. The average Bonchev–Trinajstić information content (AvgIpc) is 3.26. The second-order valence-electron chi connectivity index (χ2n) is 17.8. The molecule has 63 heavy (non-hydrogen) atoms. The molecule has 0 aromatic rings. The van der Waals surface area contributed by atoms with E-state index in [1.807, 2.05) is 0 Å². The lowest BCUT2D eigenvalue weighted by atomic mass is 9.99. The van der Waals surface area contributed by atoms with E-state index in [0.29, 0.717) is 13.0 Å². The third-order valence-corrected chi connectivity index (χ3v) is 12.3. The van der Waals surface area contributed by atoms with Gasteiger partial charge in [0.25, 0.3) is 0 Å². The molecule has 1 fully saturated rings. The van der Waals surface area contributed by atoms with Crippen LogP contribution in [0.25, 0.3) is 0 Å². The first-order valence-corrected chi connectivity index (χ1v) is 27.0. The molecule has 0 spiro atoms. The Morgan fingerprint density at radius 3 is 1.43 bits per heavy atom. The predicted octanol–water partition coefficient (Wildman–Crippen LogP) is 11.6. The van der Waals surface area contributed by atoms with Crippen LogP contribution in [0.1, 0.15) is 226 Å². The highest BCUT2D eigenvalue weighted by Gasteiger charge is 2.48. The molecule has 0 bridgehead atoms. The minimum absolute atomic E-state index is 0.0338. The van der Waals surface area contributed by atoms with E-state index < -0.39 is 59.8 Å². The summed E-state index contributed by atoms with van der Waals surface area (Å²) in [5, 5.41) is 30.7. The number of hydrogen-bond acceptors (Lipinski definition) is 11. The molecule has 4 N–H and O–H groups in total. The summed E-state index contributed by atoms with van der Waals surface area (Å²) in [7, 11) is -5.06. The fourth-order valence-electron chi connectivity index (χ4n) is 7.90. The Morgan fingerprint density at radius 2 is 1.00 bits per heavy atom. The Bertz CT molecular complexity index is 1200. The van der Waals surface area contributed by atoms with Crippen molar-refractivity contribution in [3.63, 3.8) is 0 Å². The van der Waals surface area contributed by atoms with Gasteiger partial charge in [-0.1, -0.05) is 179 Å². The van der Waals surface area contributed by atoms with Crippen molar-refractivity contribution in [2.45, 2.75) is 263 Å². The highest BCUT2D eigenvalue weighted by molar-refractivity contribution is 7.80. The van der Waals surface area contributed by atoms with Gasteiger partial charge in [-0.3, -0.25) is 9.35 Å². The van der Waals surface area contributed by atoms with E-state index in [4.69, 9.17) is 18.9 Å². The highest BCUT2D eigenvalue weighted by Crippen LogP contribution is 2.26. The van der Waals surface area contributed by atoms with Gasteiger partial charge in [0.15, 0.2) is 6.29 Å². The van der Waals surface area contributed by atoms with E-state index in [0.717, 1.165) is 44.9 Å². The second kappa shape index (κ2) is 42.0. The lowest BCUT2D eigenvalue weighted by molar-refractivity contribution is -0.301. The van der Waals surface area contributed by atoms with Crippen LogP contribution < -0.4 is 0 Å². The standard InChI is InChI=1S/C50H94O12S/c1-3-5-7-9-11-13-15-17-19-20-21-22-23-24-25-27-29-31-33-35-37-39-46(52)60-44(43-59-50-48(54)49(62-63(55,56)57)47(53)45(41-51)61-50)42-58-40-38-36-34-32-30-28-26-18-16-14-12-10-8-6-4-2/h16,18,20-21,44-45,47-51,53-54H,3-15,17,19,22-43H2,1-2H3,(H,55,56,57)/b18-16-,21-20-. The Hall–Kier alpha value is -1.42. The molecule has 0 aliphatic carbocycles. The maximum atomic E-state index is 12.9. The number of carbonyl (C=O) groups excluding carboxylic acids is 1. The van der Waals surface area contributed by atoms with Gasteiger partial charge in [-0.2, -0.15) is 8.42 Å². The van der Waals surface area contributed by atoms with Gasteiger partial charge in [-0.15, -0.1) is 0 Å². The minimum Gasteiger partial charge on any atom is -0.457 e. The first-order chi connectivity index (χ1) is 30.6. The van der Waals surface area contributed by atoms with E-state index in [1.165, 1.54) is 154 Å². The second-order valence-corrected chi connectivity index (χ2v) is 18.8. The molecule has 1 heterocycles. The van der Waals surface area contributed by atoms with Crippen molar-refractivity contribution in [1.82, 2.24) is 0 Å². The van der Waals surface area contributed by atoms with Crippen LogP contribution in [0.5, 0.6) is 0 Å². The minimum atomic E-state index is -5.06. The summed E-state index contributed by atoms with van der Waals surface area (Å²) >= 11 is 0. The zero-order valence-electron chi connectivity index (χ0n) is 39.9. The molecule has 6 atom stereocenters. The van der Waals surface area contributed by atoms with Gasteiger partial charge >= 0.3 is 16.4 Å². The number of esters is 1. The Kier molecular flexibility index (Phi) is 39.7. The van der Waals surface area contributed by atoms with Crippen LogP contribution in [0.15, 0.2) is 24.3 Å².